The summed E-state index contributed by atoms with van der Waals surface area (Å²) in [6, 6.07) is 19.1. The Hall–Kier alpha value is -4.67. The average Bonchev–Trinajstić information content (AvgIpc) is 3.04. The van der Waals surface area contributed by atoms with Crippen molar-refractivity contribution in [1.82, 2.24) is 15.0 Å². The van der Waals surface area contributed by atoms with Gasteiger partial charge in [0.15, 0.2) is 0 Å². The first kappa shape index (κ1) is 30.8. The summed E-state index contributed by atoms with van der Waals surface area (Å²) in [4.78, 5) is 24.5. The molecule has 0 amide bonds. The lowest BCUT2D eigenvalue weighted by atomic mass is 9.84. The van der Waals surface area contributed by atoms with Crippen molar-refractivity contribution in [3.63, 3.8) is 0 Å². The smallest absolute Gasteiger partial charge is 0.416 e. The van der Waals surface area contributed by atoms with E-state index in [-0.39, 0.29) is 29.7 Å². The fraction of sp³-hybridized carbons (Fsp3) is 0.333. The molecule has 1 aliphatic rings. The molecule has 1 aliphatic carbocycles. The molecular formula is C33H32F3N3O5. The maximum absolute atomic E-state index is 13.1. The molecule has 44 heavy (non-hydrogen) atoms. The highest BCUT2D eigenvalue weighted by atomic mass is 19.4. The van der Waals surface area contributed by atoms with Crippen molar-refractivity contribution in [2.75, 3.05) is 14.2 Å². The van der Waals surface area contributed by atoms with Crippen LogP contribution in [0, 0.1) is 5.92 Å². The molecule has 4 aromatic rings. The van der Waals surface area contributed by atoms with Crippen molar-refractivity contribution in [3.8, 4) is 34.9 Å². The lowest BCUT2D eigenvalue weighted by molar-refractivity contribution is -0.137. The molecule has 1 aromatic heterocycles. The standard InChI is InChI=1S/C33H32F3N3O5/c1-41-30-37-31(42-2)39-32(38-30)44-29(40)23-13-17-27(18-14-23)43-28(19-21-7-4-3-5-8-21)25-10-6-9-24(20-25)22-11-15-26(16-12-22)33(34,35)36/h6,9-18,20-21,28H,3-5,7-8,19H2,1-2H3/t28-/m0/s1. The fourth-order valence-corrected chi connectivity index (χ4v) is 5.27. The normalized spacial score (nSPS) is 14.5. The van der Waals surface area contributed by atoms with Crippen molar-refractivity contribution in [3.05, 3.63) is 89.5 Å². The quantitative estimate of drug-likeness (QED) is 0.168. The van der Waals surface area contributed by atoms with Crippen LogP contribution >= 0.6 is 0 Å². The van der Waals surface area contributed by atoms with Gasteiger partial charge in [0.1, 0.15) is 11.9 Å². The maximum Gasteiger partial charge on any atom is 0.416 e. The minimum absolute atomic E-state index is 0.0604. The van der Waals surface area contributed by atoms with E-state index in [1.165, 1.54) is 45.6 Å². The van der Waals surface area contributed by atoms with Gasteiger partial charge in [-0.05, 0) is 71.5 Å². The number of esters is 1. The summed E-state index contributed by atoms with van der Waals surface area (Å²) in [5.74, 6) is 0.368. The van der Waals surface area contributed by atoms with E-state index < -0.39 is 17.7 Å². The van der Waals surface area contributed by atoms with Crippen LogP contribution in [0.15, 0.2) is 72.8 Å². The van der Waals surface area contributed by atoms with Gasteiger partial charge < -0.3 is 18.9 Å². The molecule has 1 atom stereocenters. The number of methoxy groups -OCH3 is 2. The summed E-state index contributed by atoms with van der Waals surface area (Å²) in [7, 11) is 2.73. The molecular weight excluding hydrogens is 575 g/mol. The molecule has 0 aliphatic heterocycles. The van der Waals surface area contributed by atoms with Gasteiger partial charge in [0, 0.05) is 0 Å². The van der Waals surface area contributed by atoms with Gasteiger partial charge in [-0.2, -0.15) is 13.2 Å². The zero-order chi connectivity index (χ0) is 31.1. The summed E-state index contributed by atoms with van der Waals surface area (Å²) >= 11 is 0. The summed E-state index contributed by atoms with van der Waals surface area (Å²) in [6.45, 7) is 0. The van der Waals surface area contributed by atoms with E-state index >= 15 is 0 Å². The Morgan fingerprint density at radius 3 is 2.07 bits per heavy atom. The largest absolute Gasteiger partial charge is 0.486 e. The van der Waals surface area contributed by atoms with Crippen molar-refractivity contribution in [2.45, 2.75) is 50.8 Å². The molecule has 1 heterocycles. The molecule has 1 saturated carbocycles. The van der Waals surface area contributed by atoms with Gasteiger partial charge in [0.05, 0.1) is 25.3 Å². The highest BCUT2D eigenvalue weighted by molar-refractivity contribution is 5.90. The van der Waals surface area contributed by atoms with Crippen LogP contribution in [0.2, 0.25) is 0 Å². The third-order valence-corrected chi connectivity index (χ3v) is 7.57. The van der Waals surface area contributed by atoms with Crippen LogP contribution in [0.25, 0.3) is 11.1 Å². The Morgan fingerprint density at radius 1 is 0.818 bits per heavy atom. The third kappa shape index (κ3) is 7.83. The van der Waals surface area contributed by atoms with Gasteiger partial charge in [0.2, 0.25) is 0 Å². The van der Waals surface area contributed by atoms with Crippen molar-refractivity contribution < 1.29 is 36.9 Å². The number of carbonyl (C=O) groups is 1. The van der Waals surface area contributed by atoms with Gasteiger partial charge in [0.25, 0.3) is 0 Å². The zero-order valence-electron chi connectivity index (χ0n) is 24.3. The van der Waals surface area contributed by atoms with Crippen LogP contribution in [0.1, 0.15) is 66.1 Å². The summed E-state index contributed by atoms with van der Waals surface area (Å²) in [6.07, 6.45) is 1.94. The van der Waals surface area contributed by atoms with Crippen LogP contribution < -0.4 is 18.9 Å². The second-order valence-corrected chi connectivity index (χ2v) is 10.6. The number of nitrogens with zero attached hydrogens (tertiary/aromatic N) is 3. The molecule has 230 valence electrons. The second kappa shape index (κ2) is 13.7. The van der Waals surface area contributed by atoms with E-state index in [0.717, 1.165) is 42.5 Å². The number of aromatic nitrogens is 3. The van der Waals surface area contributed by atoms with E-state index in [0.29, 0.717) is 17.2 Å². The Labute approximate surface area is 253 Å². The number of alkyl halides is 3. The highest BCUT2D eigenvalue weighted by Gasteiger charge is 2.30. The second-order valence-electron chi connectivity index (χ2n) is 10.6. The zero-order valence-corrected chi connectivity index (χ0v) is 24.3. The number of hydrogen-bond donors (Lipinski definition) is 0. The molecule has 1 fully saturated rings. The molecule has 0 bridgehead atoms. The van der Waals surface area contributed by atoms with Crippen molar-refractivity contribution >= 4 is 5.97 Å². The van der Waals surface area contributed by atoms with Gasteiger partial charge in [-0.3, -0.25) is 0 Å². The van der Waals surface area contributed by atoms with E-state index in [2.05, 4.69) is 15.0 Å². The number of hydrogen-bond acceptors (Lipinski definition) is 8. The summed E-state index contributed by atoms with van der Waals surface area (Å²) in [5, 5.41) is 0. The molecule has 0 spiro atoms. The third-order valence-electron chi connectivity index (χ3n) is 7.57. The van der Waals surface area contributed by atoms with Crippen LogP contribution in [-0.4, -0.2) is 35.1 Å². The van der Waals surface area contributed by atoms with E-state index in [1.54, 1.807) is 24.3 Å². The van der Waals surface area contributed by atoms with Crippen molar-refractivity contribution in [2.24, 2.45) is 5.92 Å². The summed E-state index contributed by atoms with van der Waals surface area (Å²) in [5.41, 5.74) is 1.99. The van der Waals surface area contributed by atoms with Gasteiger partial charge >= 0.3 is 30.2 Å². The molecule has 0 saturated heterocycles. The SMILES string of the molecule is COc1nc(OC)nc(OC(=O)c2ccc(O[C@@H](CC3CCCCC3)c3cccc(-c4ccc(C(F)(F)F)cc4)c3)cc2)n1. The minimum Gasteiger partial charge on any atom is -0.486 e. The lowest BCUT2D eigenvalue weighted by Gasteiger charge is -2.28. The first-order valence-corrected chi connectivity index (χ1v) is 14.3. The van der Waals surface area contributed by atoms with E-state index in [4.69, 9.17) is 18.9 Å². The molecule has 0 N–H and O–H groups in total. The molecule has 0 unspecified atom stereocenters. The fourth-order valence-electron chi connectivity index (χ4n) is 5.27. The highest BCUT2D eigenvalue weighted by Crippen LogP contribution is 2.37. The Balaban J connectivity index is 1.34. The monoisotopic (exact) mass is 607 g/mol. The van der Waals surface area contributed by atoms with E-state index in [9.17, 15) is 18.0 Å². The Morgan fingerprint density at radius 2 is 1.45 bits per heavy atom. The minimum atomic E-state index is -4.39. The topological polar surface area (TPSA) is 92.7 Å². The van der Waals surface area contributed by atoms with Crippen LogP contribution in [0.4, 0.5) is 13.2 Å². The predicted octanol–water partition coefficient (Wildman–Crippen LogP) is 7.88. The van der Waals surface area contributed by atoms with Gasteiger partial charge in [-0.15, -0.1) is 15.0 Å². The number of ether oxygens (including phenoxy) is 4. The maximum atomic E-state index is 13.1. The molecule has 3 aromatic carbocycles. The first-order chi connectivity index (χ1) is 21.2. The van der Waals surface area contributed by atoms with Crippen LogP contribution in [-0.2, 0) is 6.18 Å². The number of carbonyl (C=O) groups excluding carboxylic acids is 1. The van der Waals surface area contributed by atoms with Crippen LogP contribution in [0.3, 0.4) is 0 Å². The summed E-state index contributed by atoms with van der Waals surface area (Å²) < 4.78 is 61.0. The molecule has 11 heteroatoms. The number of rotatable bonds is 10. The molecule has 5 rings (SSSR count). The van der Waals surface area contributed by atoms with E-state index in [1.807, 2.05) is 24.3 Å². The van der Waals surface area contributed by atoms with Gasteiger partial charge in [-0.1, -0.05) is 62.4 Å². The van der Waals surface area contributed by atoms with Gasteiger partial charge in [-0.25, -0.2) is 4.79 Å². The molecule has 0 radical (unpaired) electrons. The van der Waals surface area contributed by atoms with Crippen molar-refractivity contribution in [1.29, 1.82) is 0 Å². The average molecular weight is 608 g/mol. The number of halogens is 3. The Bertz CT molecular complexity index is 1530. The molecule has 8 nitrogen and oxygen atoms in total. The predicted molar refractivity (Wildman–Crippen MR) is 156 cm³/mol. The Kier molecular flexibility index (Phi) is 9.62. The first-order valence-electron chi connectivity index (χ1n) is 14.3. The number of benzene rings is 3. The lowest BCUT2D eigenvalue weighted by Crippen LogP contribution is -2.16. The van der Waals surface area contributed by atoms with Crippen LogP contribution in [0.5, 0.6) is 23.8 Å².